The van der Waals surface area contributed by atoms with Crippen LogP contribution in [0.5, 0.6) is 0 Å². The first-order chi connectivity index (χ1) is 11.5. The maximum absolute atomic E-state index is 13.5. The SMILES string of the molecule is CC1CN(C(=O)C(=O)N2CCC[C@@H](N)C2)CCc2ccc(F)cc21. The Morgan fingerprint density at radius 2 is 1.88 bits per heavy atom. The van der Waals surface area contributed by atoms with Crippen LogP contribution in [0.25, 0.3) is 0 Å². The Labute approximate surface area is 141 Å². The number of hydrogen-bond acceptors (Lipinski definition) is 3. The van der Waals surface area contributed by atoms with Crippen LogP contribution in [-0.4, -0.2) is 53.8 Å². The lowest BCUT2D eigenvalue weighted by Gasteiger charge is -2.32. The number of carbonyl (C=O) groups excluding carboxylic acids is 2. The molecule has 0 saturated carbocycles. The van der Waals surface area contributed by atoms with Gasteiger partial charge in [-0.15, -0.1) is 0 Å². The molecule has 0 aromatic heterocycles. The summed E-state index contributed by atoms with van der Waals surface area (Å²) in [5.41, 5.74) is 7.88. The molecule has 2 N–H and O–H groups in total. The summed E-state index contributed by atoms with van der Waals surface area (Å²) < 4.78 is 13.5. The smallest absolute Gasteiger partial charge is 0.312 e. The predicted molar refractivity (Wildman–Crippen MR) is 88.9 cm³/mol. The van der Waals surface area contributed by atoms with Crippen molar-refractivity contribution in [2.24, 2.45) is 5.73 Å². The van der Waals surface area contributed by atoms with Gasteiger partial charge in [0, 0.05) is 32.2 Å². The van der Waals surface area contributed by atoms with Crippen molar-refractivity contribution in [2.45, 2.75) is 38.1 Å². The molecule has 0 spiro atoms. The second-order valence-electron chi connectivity index (χ2n) is 6.90. The Bertz CT molecular complexity index is 649. The van der Waals surface area contributed by atoms with E-state index in [1.165, 1.54) is 6.07 Å². The Kier molecular flexibility index (Phi) is 4.85. The molecule has 2 aliphatic rings. The van der Waals surface area contributed by atoms with E-state index in [1.807, 2.05) is 6.92 Å². The first kappa shape index (κ1) is 16.9. The van der Waals surface area contributed by atoms with Gasteiger partial charge in [-0.1, -0.05) is 13.0 Å². The van der Waals surface area contributed by atoms with Crippen molar-refractivity contribution >= 4 is 11.8 Å². The molecule has 2 atom stereocenters. The normalized spacial score (nSPS) is 24.3. The summed E-state index contributed by atoms with van der Waals surface area (Å²) in [4.78, 5) is 28.3. The van der Waals surface area contributed by atoms with Crippen LogP contribution in [0, 0.1) is 5.82 Å². The lowest BCUT2D eigenvalue weighted by atomic mass is 9.95. The van der Waals surface area contributed by atoms with Crippen LogP contribution in [0.3, 0.4) is 0 Å². The van der Waals surface area contributed by atoms with Crippen LogP contribution < -0.4 is 5.73 Å². The minimum atomic E-state index is -0.468. The fraction of sp³-hybridized carbons (Fsp3) is 0.556. The molecule has 1 saturated heterocycles. The van der Waals surface area contributed by atoms with Crippen molar-refractivity contribution in [3.05, 3.63) is 35.1 Å². The van der Waals surface area contributed by atoms with Gasteiger partial charge in [-0.3, -0.25) is 9.59 Å². The Balaban J connectivity index is 1.71. The molecule has 130 valence electrons. The number of halogens is 1. The number of piperidine rings is 1. The average molecular weight is 333 g/mol. The maximum Gasteiger partial charge on any atom is 0.312 e. The Morgan fingerprint density at radius 3 is 2.58 bits per heavy atom. The van der Waals surface area contributed by atoms with Gasteiger partial charge in [-0.2, -0.15) is 0 Å². The van der Waals surface area contributed by atoms with E-state index < -0.39 is 11.8 Å². The molecule has 2 amide bonds. The van der Waals surface area contributed by atoms with E-state index >= 15 is 0 Å². The topological polar surface area (TPSA) is 66.6 Å². The van der Waals surface area contributed by atoms with Gasteiger partial charge in [-0.05, 0) is 48.4 Å². The highest BCUT2D eigenvalue weighted by Crippen LogP contribution is 2.26. The number of carbonyl (C=O) groups is 2. The van der Waals surface area contributed by atoms with Crippen molar-refractivity contribution < 1.29 is 14.0 Å². The molecule has 1 fully saturated rings. The van der Waals surface area contributed by atoms with E-state index in [9.17, 15) is 14.0 Å². The molecule has 5 nitrogen and oxygen atoms in total. The van der Waals surface area contributed by atoms with Crippen molar-refractivity contribution in [1.82, 2.24) is 9.80 Å². The molecule has 24 heavy (non-hydrogen) atoms. The molecule has 0 aliphatic carbocycles. The van der Waals surface area contributed by atoms with Gasteiger partial charge in [0.25, 0.3) is 0 Å². The minimum Gasteiger partial charge on any atom is -0.334 e. The van der Waals surface area contributed by atoms with Crippen molar-refractivity contribution in [1.29, 1.82) is 0 Å². The highest BCUT2D eigenvalue weighted by Gasteiger charge is 2.32. The quantitative estimate of drug-likeness (QED) is 0.727. The number of fused-ring (bicyclic) bond motifs is 1. The third-order valence-corrected chi connectivity index (χ3v) is 5.00. The van der Waals surface area contributed by atoms with Gasteiger partial charge in [0.05, 0.1) is 0 Å². The van der Waals surface area contributed by atoms with Gasteiger partial charge in [0.1, 0.15) is 5.82 Å². The molecule has 0 bridgehead atoms. The zero-order valence-corrected chi connectivity index (χ0v) is 14.0. The summed E-state index contributed by atoms with van der Waals surface area (Å²) in [5.74, 6) is -1.20. The fourth-order valence-electron chi connectivity index (χ4n) is 3.68. The van der Waals surface area contributed by atoms with Crippen molar-refractivity contribution in [2.75, 3.05) is 26.2 Å². The van der Waals surface area contributed by atoms with E-state index in [2.05, 4.69) is 0 Å². The molecule has 3 rings (SSSR count). The molecule has 2 aliphatic heterocycles. The predicted octanol–water partition coefficient (Wildman–Crippen LogP) is 1.26. The largest absolute Gasteiger partial charge is 0.334 e. The van der Waals surface area contributed by atoms with E-state index in [4.69, 9.17) is 5.73 Å². The monoisotopic (exact) mass is 333 g/mol. The van der Waals surface area contributed by atoms with Crippen LogP contribution in [-0.2, 0) is 16.0 Å². The number of hydrogen-bond donors (Lipinski definition) is 1. The molecule has 0 radical (unpaired) electrons. The average Bonchev–Trinajstić information content (AvgIpc) is 2.73. The third-order valence-electron chi connectivity index (χ3n) is 5.00. The first-order valence-electron chi connectivity index (χ1n) is 8.58. The number of amides is 2. The van der Waals surface area contributed by atoms with Crippen LogP contribution in [0.15, 0.2) is 18.2 Å². The number of nitrogens with two attached hydrogens (primary N) is 1. The standard InChI is InChI=1S/C18H24FN3O2/c1-12-10-22(8-6-13-4-5-14(19)9-16(12)13)18(24)17(23)21-7-2-3-15(20)11-21/h4-5,9,12,15H,2-3,6-8,10-11,20H2,1H3/t12?,15-/m1/s1. The van der Waals surface area contributed by atoms with Crippen LogP contribution in [0.2, 0.25) is 0 Å². The summed E-state index contributed by atoms with van der Waals surface area (Å²) in [6, 6.07) is 4.72. The molecule has 6 heteroatoms. The highest BCUT2D eigenvalue weighted by atomic mass is 19.1. The molecular weight excluding hydrogens is 309 g/mol. The first-order valence-corrected chi connectivity index (χ1v) is 8.58. The van der Waals surface area contributed by atoms with Gasteiger partial charge < -0.3 is 15.5 Å². The van der Waals surface area contributed by atoms with Gasteiger partial charge in [0.15, 0.2) is 0 Å². The summed E-state index contributed by atoms with van der Waals surface area (Å²) in [6.07, 6.45) is 2.36. The molecule has 1 unspecified atom stereocenters. The number of rotatable bonds is 0. The van der Waals surface area contributed by atoms with Crippen LogP contribution in [0.4, 0.5) is 4.39 Å². The summed E-state index contributed by atoms with van der Waals surface area (Å²) in [7, 11) is 0. The zero-order valence-electron chi connectivity index (χ0n) is 14.0. The minimum absolute atomic E-state index is 0.00133. The Morgan fingerprint density at radius 1 is 1.17 bits per heavy atom. The zero-order chi connectivity index (χ0) is 17.3. The van der Waals surface area contributed by atoms with E-state index in [0.29, 0.717) is 32.6 Å². The van der Waals surface area contributed by atoms with E-state index in [0.717, 1.165) is 24.0 Å². The van der Waals surface area contributed by atoms with Gasteiger partial charge in [-0.25, -0.2) is 4.39 Å². The molecule has 2 heterocycles. The maximum atomic E-state index is 13.5. The molecular formula is C18H24FN3O2. The second-order valence-corrected chi connectivity index (χ2v) is 6.90. The fourth-order valence-corrected chi connectivity index (χ4v) is 3.68. The number of benzene rings is 1. The van der Waals surface area contributed by atoms with Crippen molar-refractivity contribution in [3.8, 4) is 0 Å². The summed E-state index contributed by atoms with van der Waals surface area (Å²) >= 11 is 0. The highest BCUT2D eigenvalue weighted by molar-refractivity contribution is 6.34. The van der Waals surface area contributed by atoms with Gasteiger partial charge in [0.2, 0.25) is 0 Å². The lowest BCUT2D eigenvalue weighted by Crippen LogP contribution is -2.52. The van der Waals surface area contributed by atoms with Crippen LogP contribution in [0.1, 0.15) is 36.8 Å². The van der Waals surface area contributed by atoms with Gasteiger partial charge >= 0.3 is 11.8 Å². The molecule has 1 aromatic carbocycles. The third kappa shape index (κ3) is 3.43. The summed E-state index contributed by atoms with van der Waals surface area (Å²) in [6.45, 7) is 3.91. The van der Waals surface area contributed by atoms with Crippen LogP contribution >= 0.6 is 0 Å². The van der Waals surface area contributed by atoms with E-state index in [-0.39, 0.29) is 17.8 Å². The second kappa shape index (κ2) is 6.89. The molecule has 1 aromatic rings. The number of likely N-dealkylation sites (tertiary alicyclic amines) is 1. The summed E-state index contributed by atoms with van der Waals surface area (Å²) in [5, 5.41) is 0. The number of nitrogens with zero attached hydrogens (tertiary/aromatic N) is 2. The Hall–Kier alpha value is -1.95. The van der Waals surface area contributed by atoms with Crippen molar-refractivity contribution in [3.63, 3.8) is 0 Å². The van der Waals surface area contributed by atoms with E-state index in [1.54, 1.807) is 21.9 Å². The lowest BCUT2D eigenvalue weighted by molar-refractivity contribution is -0.152.